The molecule has 2 aromatic heterocycles. The van der Waals surface area contributed by atoms with Crippen molar-refractivity contribution in [1.29, 1.82) is 0 Å². The van der Waals surface area contributed by atoms with E-state index < -0.39 is 0 Å². The molecule has 0 atom stereocenters. The summed E-state index contributed by atoms with van der Waals surface area (Å²) < 4.78 is 0. The van der Waals surface area contributed by atoms with Gasteiger partial charge in [-0.15, -0.1) is 0 Å². The summed E-state index contributed by atoms with van der Waals surface area (Å²) in [7, 11) is 0. The van der Waals surface area contributed by atoms with E-state index in [1.165, 1.54) is 0 Å². The van der Waals surface area contributed by atoms with Crippen molar-refractivity contribution in [2.75, 3.05) is 16.8 Å². The number of nitrogen functional groups attached to an aromatic ring is 2. The number of rotatable bonds is 5. The molecule has 138 valence electrons. The van der Waals surface area contributed by atoms with Crippen LogP contribution in [0.25, 0.3) is 11.2 Å². The van der Waals surface area contributed by atoms with Crippen LogP contribution in [0.4, 0.5) is 17.5 Å². The predicted octanol–water partition coefficient (Wildman–Crippen LogP) is 2.43. The summed E-state index contributed by atoms with van der Waals surface area (Å²) in [4.78, 5) is 29.0. The number of benzene rings is 2. The summed E-state index contributed by atoms with van der Waals surface area (Å²) in [5.74, 6) is 0.248. The van der Waals surface area contributed by atoms with Gasteiger partial charge in [0, 0.05) is 16.8 Å². The molecule has 4 aromatic rings. The minimum atomic E-state index is -0.0118. The molecule has 4 rings (SSSR count). The maximum absolute atomic E-state index is 12.4. The van der Waals surface area contributed by atoms with E-state index in [-0.39, 0.29) is 17.5 Å². The summed E-state index contributed by atoms with van der Waals surface area (Å²) >= 11 is 0. The first kappa shape index (κ1) is 17.3. The van der Waals surface area contributed by atoms with Gasteiger partial charge in [-0.25, -0.2) is 9.97 Å². The van der Waals surface area contributed by atoms with E-state index >= 15 is 0 Å². The second-order valence-electron chi connectivity index (χ2n) is 6.13. The number of aromatic nitrogens is 4. The number of nitrogens with zero attached hydrogens (tertiary/aromatic N) is 4. The Morgan fingerprint density at radius 1 is 0.893 bits per heavy atom. The summed E-state index contributed by atoms with van der Waals surface area (Å²) in [6, 6.07) is 16.5. The summed E-state index contributed by atoms with van der Waals surface area (Å²) in [6.07, 6.45) is 1.61. The zero-order valence-corrected chi connectivity index (χ0v) is 14.8. The first-order valence-corrected chi connectivity index (χ1v) is 8.58. The van der Waals surface area contributed by atoms with Crippen LogP contribution in [0.15, 0.2) is 60.8 Å². The van der Waals surface area contributed by atoms with Crippen LogP contribution in [0, 0.1) is 0 Å². The fourth-order valence-corrected chi connectivity index (χ4v) is 2.76. The Kier molecular flexibility index (Phi) is 4.51. The molecule has 5 N–H and O–H groups in total. The molecule has 0 aliphatic rings. The van der Waals surface area contributed by atoms with E-state index in [1.54, 1.807) is 30.5 Å². The zero-order chi connectivity index (χ0) is 19.5. The third kappa shape index (κ3) is 3.56. The minimum Gasteiger partial charge on any atom is -0.382 e. The Labute approximate surface area is 160 Å². The van der Waals surface area contributed by atoms with Gasteiger partial charge in [0.05, 0.1) is 18.4 Å². The SMILES string of the molecule is Nc1nc(N)c2nc(CNc3ccc(C(=O)c4ccccc4)cc3)cnc2n1. The minimum absolute atomic E-state index is 0.0118. The van der Waals surface area contributed by atoms with Crippen molar-refractivity contribution in [2.24, 2.45) is 0 Å². The van der Waals surface area contributed by atoms with Crippen molar-refractivity contribution < 1.29 is 4.79 Å². The highest BCUT2D eigenvalue weighted by molar-refractivity contribution is 6.09. The quantitative estimate of drug-likeness (QED) is 0.456. The molecule has 0 fully saturated rings. The van der Waals surface area contributed by atoms with Crippen LogP contribution in [0.1, 0.15) is 21.6 Å². The molecule has 2 heterocycles. The topological polar surface area (TPSA) is 133 Å². The third-order valence-corrected chi connectivity index (χ3v) is 4.16. The van der Waals surface area contributed by atoms with Gasteiger partial charge in [0.1, 0.15) is 0 Å². The summed E-state index contributed by atoms with van der Waals surface area (Å²) in [5, 5.41) is 3.24. The molecule has 0 unspecified atom stereocenters. The highest BCUT2D eigenvalue weighted by Crippen LogP contribution is 2.17. The number of nitrogens with two attached hydrogens (primary N) is 2. The Morgan fingerprint density at radius 3 is 2.36 bits per heavy atom. The average molecular weight is 371 g/mol. The number of hydrogen-bond donors (Lipinski definition) is 3. The fourth-order valence-electron chi connectivity index (χ4n) is 2.76. The van der Waals surface area contributed by atoms with Crippen molar-refractivity contribution >= 4 is 34.4 Å². The molecule has 0 bridgehead atoms. The lowest BCUT2D eigenvalue weighted by Gasteiger charge is -2.08. The van der Waals surface area contributed by atoms with Crippen LogP contribution in [0.2, 0.25) is 0 Å². The number of ketones is 1. The Balaban J connectivity index is 1.47. The largest absolute Gasteiger partial charge is 0.382 e. The lowest BCUT2D eigenvalue weighted by atomic mass is 10.0. The first-order chi connectivity index (χ1) is 13.6. The predicted molar refractivity (Wildman–Crippen MR) is 108 cm³/mol. The molecule has 0 saturated heterocycles. The van der Waals surface area contributed by atoms with Gasteiger partial charge in [-0.3, -0.25) is 4.79 Å². The molecule has 0 radical (unpaired) electrons. The van der Waals surface area contributed by atoms with Gasteiger partial charge in [0.25, 0.3) is 0 Å². The van der Waals surface area contributed by atoms with Crippen molar-refractivity contribution in [2.45, 2.75) is 6.54 Å². The second kappa shape index (κ2) is 7.28. The van der Waals surface area contributed by atoms with Gasteiger partial charge in [0.2, 0.25) is 5.95 Å². The molecule has 8 nitrogen and oxygen atoms in total. The smallest absolute Gasteiger partial charge is 0.224 e. The van der Waals surface area contributed by atoms with Crippen LogP contribution in [-0.2, 0) is 6.54 Å². The van der Waals surface area contributed by atoms with Gasteiger partial charge >= 0.3 is 0 Å². The molecule has 0 spiro atoms. The first-order valence-electron chi connectivity index (χ1n) is 8.58. The molecule has 2 aromatic carbocycles. The maximum Gasteiger partial charge on any atom is 0.224 e. The van der Waals surface area contributed by atoms with E-state index in [2.05, 4.69) is 25.3 Å². The molecule has 0 saturated carbocycles. The number of nitrogens with one attached hydrogen (secondary N) is 1. The highest BCUT2D eigenvalue weighted by atomic mass is 16.1. The van der Waals surface area contributed by atoms with Gasteiger partial charge in [-0.2, -0.15) is 9.97 Å². The fraction of sp³-hybridized carbons (Fsp3) is 0.0500. The Bertz CT molecular complexity index is 1140. The highest BCUT2D eigenvalue weighted by Gasteiger charge is 2.09. The Hall–Kier alpha value is -4.07. The lowest BCUT2D eigenvalue weighted by molar-refractivity contribution is 0.103. The lowest BCUT2D eigenvalue weighted by Crippen LogP contribution is -2.07. The van der Waals surface area contributed by atoms with E-state index in [0.29, 0.717) is 34.5 Å². The van der Waals surface area contributed by atoms with E-state index in [4.69, 9.17) is 11.5 Å². The van der Waals surface area contributed by atoms with Crippen molar-refractivity contribution in [3.63, 3.8) is 0 Å². The van der Waals surface area contributed by atoms with Crippen LogP contribution in [-0.4, -0.2) is 25.7 Å². The molecule has 8 heteroatoms. The van der Waals surface area contributed by atoms with Gasteiger partial charge < -0.3 is 16.8 Å². The molecule has 0 amide bonds. The number of anilines is 3. The van der Waals surface area contributed by atoms with Crippen molar-refractivity contribution in [3.8, 4) is 0 Å². The van der Waals surface area contributed by atoms with Crippen molar-refractivity contribution in [1.82, 2.24) is 19.9 Å². The van der Waals surface area contributed by atoms with Crippen LogP contribution < -0.4 is 16.8 Å². The Morgan fingerprint density at radius 2 is 1.61 bits per heavy atom. The van der Waals surface area contributed by atoms with Gasteiger partial charge in [-0.1, -0.05) is 30.3 Å². The zero-order valence-electron chi connectivity index (χ0n) is 14.8. The third-order valence-electron chi connectivity index (χ3n) is 4.16. The molecule has 0 aliphatic heterocycles. The normalized spacial score (nSPS) is 10.7. The monoisotopic (exact) mass is 371 g/mol. The number of hydrogen-bond acceptors (Lipinski definition) is 8. The van der Waals surface area contributed by atoms with E-state index in [9.17, 15) is 4.79 Å². The van der Waals surface area contributed by atoms with Gasteiger partial charge in [0.15, 0.2) is 22.8 Å². The summed E-state index contributed by atoms with van der Waals surface area (Å²) in [5.41, 5.74) is 15.0. The van der Waals surface area contributed by atoms with Crippen LogP contribution >= 0.6 is 0 Å². The van der Waals surface area contributed by atoms with Crippen molar-refractivity contribution in [3.05, 3.63) is 77.6 Å². The standard InChI is InChI=1S/C20H17N7O/c21-18-16-19(27-20(22)26-18)24-11-15(25-16)10-23-14-8-6-13(7-9-14)17(28)12-4-2-1-3-5-12/h1-9,11,23H,10H2,(H4,21,22,24,26,27). The average Bonchev–Trinajstić information content (AvgIpc) is 2.73. The second-order valence-corrected chi connectivity index (χ2v) is 6.13. The molecular formula is C20H17N7O. The van der Waals surface area contributed by atoms with E-state index in [0.717, 1.165) is 5.69 Å². The number of carbonyl (C=O) groups is 1. The van der Waals surface area contributed by atoms with Crippen LogP contribution in [0.3, 0.4) is 0 Å². The van der Waals surface area contributed by atoms with Gasteiger partial charge in [-0.05, 0) is 24.3 Å². The molecule has 0 aliphatic carbocycles. The van der Waals surface area contributed by atoms with E-state index in [1.807, 2.05) is 30.3 Å². The number of fused-ring (bicyclic) bond motifs is 1. The molecule has 28 heavy (non-hydrogen) atoms. The maximum atomic E-state index is 12.4. The van der Waals surface area contributed by atoms with Crippen LogP contribution in [0.5, 0.6) is 0 Å². The number of carbonyl (C=O) groups excluding carboxylic acids is 1. The summed E-state index contributed by atoms with van der Waals surface area (Å²) in [6.45, 7) is 0.429. The molecular weight excluding hydrogens is 354 g/mol.